The lowest BCUT2D eigenvalue weighted by Gasteiger charge is -2.06. The van der Waals surface area contributed by atoms with Crippen molar-refractivity contribution in [3.63, 3.8) is 0 Å². The number of hydrogen-bond acceptors (Lipinski definition) is 5. The Bertz CT molecular complexity index is 691. The molecule has 2 aromatic rings. The topological polar surface area (TPSA) is 85.1 Å². The number of nitrogens with one attached hydrogen (secondary N) is 1. The largest absolute Gasteiger partial charge is 0.339 e. The van der Waals surface area contributed by atoms with Gasteiger partial charge in [-0.3, -0.25) is 4.72 Å². The van der Waals surface area contributed by atoms with Crippen LogP contribution in [0.3, 0.4) is 0 Å². The molecule has 0 aliphatic rings. The van der Waals surface area contributed by atoms with Gasteiger partial charge in [0, 0.05) is 18.0 Å². The van der Waals surface area contributed by atoms with Crippen LogP contribution in [-0.2, 0) is 16.4 Å². The van der Waals surface area contributed by atoms with E-state index in [1.807, 2.05) is 26.0 Å². The van der Waals surface area contributed by atoms with Crippen molar-refractivity contribution in [1.29, 1.82) is 0 Å². The van der Waals surface area contributed by atoms with Gasteiger partial charge in [0.15, 0.2) is 5.82 Å². The molecule has 7 heteroatoms. The highest BCUT2D eigenvalue weighted by molar-refractivity contribution is 7.92. The predicted octanol–water partition coefficient (Wildman–Crippen LogP) is 2.55. The maximum Gasteiger partial charge on any atom is 0.232 e. The first-order chi connectivity index (χ1) is 9.89. The van der Waals surface area contributed by atoms with Gasteiger partial charge in [-0.05, 0) is 24.6 Å². The van der Waals surface area contributed by atoms with Crippen molar-refractivity contribution in [1.82, 2.24) is 10.1 Å². The molecule has 2 rings (SSSR count). The number of anilines is 1. The molecule has 114 valence electrons. The fourth-order valence-corrected chi connectivity index (χ4v) is 2.34. The van der Waals surface area contributed by atoms with E-state index in [2.05, 4.69) is 14.9 Å². The number of hydrogen-bond donors (Lipinski definition) is 1. The summed E-state index contributed by atoms with van der Waals surface area (Å²) in [5.74, 6) is 1.50. The van der Waals surface area contributed by atoms with Crippen molar-refractivity contribution < 1.29 is 12.9 Å². The van der Waals surface area contributed by atoms with Gasteiger partial charge in [0.2, 0.25) is 15.9 Å². The molecule has 21 heavy (non-hydrogen) atoms. The van der Waals surface area contributed by atoms with Crippen LogP contribution >= 0.6 is 0 Å². The third-order valence-corrected chi connectivity index (χ3v) is 4.25. The number of nitrogens with zero attached hydrogens (tertiary/aromatic N) is 2. The molecular formula is C14H19N3O3S. The lowest BCUT2D eigenvalue weighted by atomic mass is 10.1. The van der Waals surface area contributed by atoms with Crippen LogP contribution in [0.5, 0.6) is 0 Å². The van der Waals surface area contributed by atoms with Crippen molar-refractivity contribution in [3.05, 3.63) is 41.5 Å². The lowest BCUT2D eigenvalue weighted by molar-refractivity contribution is 0.361. The van der Waals surface area contributed by atoms with Gasteiger partial charge in [0.25, 0.3) is 0 Å². The number of rotatable bonds is 6. The minimum Gasteiger partial charge on any atom is -0.339 e. The summed E-state index contributed by atoms with van der Waals surface area (Å²) in [5, 5.41) is 3.93. The van der Waals surface area contributed by atoms with E-state index in [0.717, 1.165) is 5.56 Å². The highest BCUT2D eigenvalue weighted by atomic mass is 32.2. The normalized spacial score (nSPS) is 11.8. The highest BCUT2D eigenvalue weighted by Crippen LogP contribution is 2.16. The quantitative estimate of drug-likeness (QED) is 0.886. The van der Waals surface area contributed by atoms with Crippen LogP contribution < -0.4 is 4.72 Å². The van der Waals surface area contributed by atoms with Gasteiger partial charge >= 0.3 is 0 Å². The van der Waals surface area contributed by atoms with E-state index in [0.29, 0.717) is 23.8 Å². The second-order valence-corrected chi connectivity index (χ2v) is 7.09. The average molecular weight is 309 g/mol. The maximum atomic E-state index is 11.5. The Morgan fingerprint density at radius 1 is 1.24 bits per heavy atom. The Morgan fingerprint density at radius 2 is 1.90 bits per heavy atom. The van der Waals surface area contributed by atoms with Gasteiger partial charge in [-0.15, -0.1) is 0 Å². The SMILES string of the molecule is CCS(=O)(=O)Nc1ccc(Cc2noc(C(C)C)n2)cc1. The Labute approximate surface area is 124 Å². The maximum absolute atomic E-state index is 11.5. The molecule has 0 radical (unpaired) electrons. The summed E-state index contributed by atoms with van der Waals surface area (Å²) in [6, 6.07) is 7.15. The summed E-state index contributed by atoms with van der Waals surface area (Å²) >= 11 is 0. The van der Waals surface area contributed by atoms with E-state index in [9.17, 15) is 8.42 Å². The summed E-state index contributed by atoms with van der Waals surface area (Å²) in [7, 11) is -3.24. The Kier molecular flexibility index (Phi) is 4.62. The van der Waals surface area contributed by atoms with E-state index >= 15 is 0 Å². The van der Waals surface area contributed by atoms with Crippen LogP contribution in [0.15, 0.2) is 28.8 Å². The zero-order valence-electron chi connectivity index (χ0n) is 12.3. The Hall–Kier alpha value is -1.89. The molecule has 0 saturated carbocycles. The van der Waals surface area contributed by atoms with Crippen LogP contribution in [0.1, 0.15) is 44.0 Å². The summed E-state index contributed by atoms with van der Waals surface area (Å²) in [6.45, 7) is 5.58. The van der Waals surface area contributed by atoms with Crippen molar-refractivity contribution in [2.75, 3.05) is 10.5 Å². The first kappa shape index (κ1) is 15.5. The summed E-state index contributed by atoms with van der Waals surface area (Å²) in [4.78, 5) is 4.31. The molecule has 0 amide bonds. The number of benzene rings is 1. The van der Waals surface area contributed by atoms with E-state index in [1.165, 1.54) is 0 Å². The van der Waals surface area contributed by atoms with Crippen LogP contribution in [0, 0.1) is 0 Å². The first-order valence-electron chi connectivity index (χ1n) is 6.81. The zero-order valence-corrected chi connectivity index (χ0v) is 13.1. The van der Waals surface area contributed by atoms with Crippen LogP contribution in [0.2, 0.25) is 0 Å². The Morgan fingerprint density at radius 3 is 2.43 bits per heavy atom. The molecule has 1 N–H and O–H groups in total. The van der Waals surface area contributed by atoms with Crippen LogP contribution in [0.25, 0.3) is 0 Å². The van der Waals surface area contributed by atoms with E-state index in [4.69, 9.17) is 4.52 Å². The smallest absolute Gasteiger partial charge is 0.232 e. The predicted molar refractivity (Wildman–Crippen MR) is 80.7 cm³/mol. The van der Waals surface area contributed by atoms with E-state index in [1.54, 1.807) is 19.1 Å². The Balaban J connectivity index is 2.05. The van der Waals surface area contributed by atoms with Crippen molar-refractivity contribution >= 4 is 15.7 Å². The molecule has 0 aliphatic carbocycles. The molecule has 0 unspecified atom stereocenters. The number of sulfonamides is 1. The molecule has 1 aromatic carbocycles. The molecule has 0 atom stereocenters. The first-order valence-corrected chi connectivity index (χ1v) is 8.46. The molecule has 0 bridgehead atoms. The standard InChI is InChI=1S/C14H19N3O3S/c1-4-21(18,19)17-12-7-5-11(6-8-12)9-13-15-14(10(2)3)20-16-13/h5-8,10,17H,4,9H2,1-3H3. The summed E-state index contributed by atoms with van der Waals surface area (Å²) < 4.78 is 30.6. The highest BCUT2D eigenvalue weighted by Gasteiger charge is 2.11. The van der Waals surface area contributed by atoms with Gasteiger partial charge in [-0.2, -0.15) is 4.98 Å². The van der Waals surface area contributed by atoms with Gasteiger partial charge in [-0.1, -0.05) is 31.1 Å². The van der Waals surface area contributed by atoms with Gasteiger partial charge in [-0.25, -0.2) is 8.42 Å². The minimum atomic E-state index is -3.24. The van der Waals surface area contributed by atoms with Crippen LogP contribution in [0.4, 0.5) is 5.69 Å². The summed E-state index contributed by atoms with van der Waals surface area (Å²) in [6.07, 6.45) is 0.553. The fourth-order valence-electron chi connectivity index (χ4n) is 1.70. The molecule has 1 aromatic heterocycles. The number of aromatic nitrogens is 2. The van der Waals surface area contributed by atoms with Crippen molar-refractivity contribution in [2.24, 2.45) is 0 Å². The second kappa shape index (κ2) is 6.26. The van der Waals surface area contributed by atoms with Gasteiger partial charge in [0.1, 0.15) is 0 Å². The summed E-state index contributed by atoms with van der Waals surface area (Å²) in [5.41, 5.74) is 1.54. The van der Waals surface area contributed by atoms with E-state index < -0.39 is 10.0 Å². The monoisotopic (exact) mass is 309 g/mol. The van der Waals surface area contributed by atoms with Crippen molar-refractivity contribution in [3.8, 4) is 0 Å². The molecule has 1 heterocycles. The second-order valence-electron chi connectivity index (χ2n) is 5.08. The molecular weight excluding hydrogens is 290 g/mol. The molecule has 0 fully saturated rings. The lowest BCUT2D eigenvalue weighted by Crippen LogP contribution is -2.14. The minimum absolute atomic E-state index is 0.0512. The average Bonchev–Trinajstić information content (AvgIpc) is 2.89. The van der Waals surface area contributed by atoms with E-state index in [-0.39, 0.29) is 11.7 Å². The molecule has 6 nitrogen and oxygen atoms in total. The van der Waals surface area contributed by atoms with Gasteiger partial charge in [0.05, 0.1) is 5.75 Å². The third-order valence-electron chi connectivity index (χ3n) is 2.95. The molecule has 0 spiro atoms. The fraction of sp³-hybridized carbons (Fsp3) is 0.429. The zero-order chi connectivity index (χ0) is 15.5. The third kappa shape index (κ3) is 4.29. The van der Waals surface area contributed by atoms with Gasteiger partial charge < -0.3 is 4.52 Å². The molecule has 0 aliphatic heterocycles. The van der Waals surface area contributed by atoms with Crippen molar-refractivity contribution in [2.45, 2.75) is 33.1 Å². The van der Waals surface area contributed by atoms with Crippen LogP contribution in [-0.4, -0.2) is 24.3 Å². The molecule has 0 saturated heterocycles.